The van der Waals surface area contributed by atoms with Gasteiger partial charge in [-0.1, -0.05) is 42.1 Å². The van der Waals surface area contributed by atoms with Crippen molar-refractivity contribution in [3.63, 3.8) is 0 Å². The topological polar surface area (TPSA) is 51.8 Å². The molecule has 0 aliphatic heterocycles. The highest BCUT2D eigenvalue weighted by molar-refractivity contribution is 8.01. The molecule has 1 atom stereocenters. The van der Waals surface area contributed by atoms with Gasteiger partial charge in [-0.3, -0.25) is 0 Å². The predicted molar refractivity (Wildman–Crippen MR) is 93.6 cm³/mol. The summed E-state index contributed by atoms with van der Waals surface area (Å²) in [6.07, 6.45) is 0. The zero-order valence-corrected chi connectivity index (χ0v) is 14.0. The number of thiazole rings is 1. The van der Waals surface area contributed by atoms with Gasteiger partial charge in [0.25, 0.3) is 0 Å². The van der Waals surface area contributed by atoms with E-state index in [9.17, 15) is 0 Å². The first-order valence-corrected chi connectivity index (χ1v) is 8.90. The lowest BCUT2D eigenvalue weighted by Gasteiger charge is -2.02. The molecule has 23 heavy (non-hydrogen) atoms. The molecule has 0 aliphatic carbocycles. The molecule has 0 radical (unpaired) electrons. The predicted octanol–water partition coefficient (Wildman–Crippen LogP) is 5.20. The van der Waals surface area contributed by atoms with Crippen LogP contribution in [0.5, 0.6) is 0 Å². The van der Waals surface area contributed by atoms with Gasteiger partial charge in [0.1, 0.15) is 0 Å². The molecule has 0 bridgehead atoms. The van der Waals surface area contributed by atoms with Crippen LogP contribution in [-0.2, 0) is 0 Å². The summed E-state index contributed by atoms with van der Waals surface area (Å²) in [4.78, 5) is 4.63. The molecule has 6 heteroatoms. The van der Waals surface area contributed by atoms with E-state index in [4.69, 9.17) is 4.42 Å². The number of rotatable bonds is 4. The molecule has 0 aliphatic rings. The van der Waals surface area contributed by atoms with Crippen molar-refractivity contribution in [2.24, 2.45) is 0 Å². The number of hydrogen-bond acceptors (Lipinski definition) is 6. The van der Waals surface area contributed by atoms with Gasteiger partial charge in [-0.2, -0.15) is 0 Å². The number of fused-ring (bicyclic) bond motifs is 1. The Balaban J connectivity index is 1.55. The highest BCUT2D eigenvalue weighted by Gasteiger charge is 2.18. The maximum atomic E-state index is 5.81. The van der Waals surface area contributed by atoms with E-state index in [-0.39, 0.29) is 5.25 Å². The molecule has 0 unspecified atom stereocenters. The standard InChI is InChI=1S/C17H13N3OS2/c1-11(22-17-18-13-9-5-6-10-14(13)23-17)15-19-20-16(21-15)12-7-3-2-4-8-12/h2-11H,1H3/t11-/m0/s1. The van der Waals surface area contributed by atoms with Gasteiger partial charge in [-0.25, -0.2) is 4.98 Å². The van der Waals surface area contributed by atoms with Crippen molar-refractivity contribution in [1.82, 2.24) is 15.2 Å². The first-order valence-electron chi connectivity index (χ1n) is 7.20. The summed E-state index contributed by atoms with van der Waals surface area (Å²) in [5.74, 6) is 1.17. The van der Waals surface area contributed by atoms with E-state index in [0.717, 1.165) is 15.4 Å². The molecule has 0 saturated carbocycles. The lowest BCUT2D eigenvalue weighted by molar-refractivity contribution is 0.509. The molecular weight excluding hydrogens is 326 g/mol. The van der Waals surface area contributed by atoms with Crippen LogP contribution in [-0.4, -0.2) is 15.2 Å². The van der Waals surface area contributed by atoms with Crippen molar-refractivity contribution in [3.05, 3.63) is 60.5 Å². The molecule has 2 aromatic heterocycles. The van der Waals surface area contributed by atoms with Crippen molar-refractivity contribution in [3.8, 4) is 11.5 Å². The first-order chi connectivity index (χ1) is 11.3. The summed E-state index contributed by atoms with van der Waals surface area (Å²) in [5.41, 5.74) is 1.96. The fourth-order valence-corrected chi connectivity index (χ4v) is 4.44. The second-order valence-electron chi connectivity index (χ2n) is 5.02. The number of para-hydroxylation sites is 1. The Bertz CT molecular complexity index is 900. The van der Waals surface area contributed by atoms with Gasteiger partial charge in [0.15, 0.2) is 4.34 Å². The van der Waals surface area contributed by atoms with E-state index in [1.807, 2.05) is 48.5 Å². The first kappa shape index (κ1) is 14.4. The third kappa shape index (κ3) is 3.00. The van der Waals surface area contributed by atoms with Gasteiger partial charge in [0, 0.05) is 5.56 Å². The van der Waals surface area contributed by atoms with Gasteiger partial charge in [-0.15, -0.1) is 21.5 Å². The van der Waals surface area contributed by atoms with Crippen LogP contribution in [0.15, 0.2) is 63.4 Å². The summed E-state index contributed by atoms with van der Waals surface area (Å²) in [6.45, 7) is 2.05. The highest BCUT2D eigenvalue weighted by Crippen LogP contribution is 2.38. The van der Waals surface area contributed by atoms with E-state index in [0.29, 0.717) is 11.8 Å². The van der Waals surface area contributed by atoms with E-state index in [1.54, 1.807) is 23.1 Å². The minimum absolute atomic E-state index is 0.0560. The molecule has 0 amide bonds. The van der Waals surface area contributed by atoms with Gasteiger partial charge < -0.3 is 4.42 Å². The minimum atomic E-state index is 0.0560. The van der Waals surface area contributed by atoms with E-state index in [2.05, 4.69) is 28.2 Å². The van der Waals surface area contributed by atoms with Crippen LogP contribution < -0.4 is 0 Å². The molecule has 0 saturated heterocycles. The molecule has 4 nitrogen and oxygen atoms in total. The van der Waals surface area contributed by atoms with Gasteiger partial charge in [0.2, 0.25) is 11.8 Å². The number of nitrogens with zero attached hydrogens (tertiary/aromatic N) is 3. The molecule has 2 heterocycles. The maximum Gasteiger partial charge on any atom is 0.247 e. The molecule has 0 fully saturated rings. The Morgan fingerprint density at radius 3 is 2.61 bits per heavy atom. The Hall–Kier alpha value is -2.18. The smallest absolute Gasteiger partial charge is 0.247 e. The van der Waals surface area contributed by atoms with Crippen LogP contribution >= 0.6 is 23.1 Å². The average molecular weight is 339 g/mol. The van der Waals surface area contributed by atoms with Crippen LogP contribution in [0.25, 0.3) is 21.7 Å². The lowest BCUT2D eigenvalue weighted by Crippen LogP contribution is -1.88. The van der Waals surface area contributed by atoms with Gasteiger partial charge in [-0.05, 0) is 31.2 Å². The van der Waals surface area contributed by atoms with Crippen LogP contribution in [0.4, 0.5) is 0 Å². The summed E-state index contributed by atoms with van der Waals surface area (Å²) in [7, 11) is 0. The monoisotopic (exact) mass is 339 g/mol. The Morgan fingerprint density at radius 1 is 1.00 bits per heavy atom. The van der Waals surface area contributed by atoms with Crippen LogP contribution in [0.3, 0.4) is 0 Å². The summed E-state index contributed by atoms with van der Waals surface area (Å²) in [6, 6.07) is 17.9. The third-order valence-electron chi connectivity index (χ3n) is 3.36. The van der Waals surface area contributed by atoms with Gasteiger partial charge >= 0.3 is 0 Å². The number of thioether (sulfide) groups is 1. The quantitative estimate of drug-likeness (QED) is 0.478. The molecule has 0 spiro atoms. The number of aromatic nitrogens is 3. The average Bonchev–Trinajstić information content (AvgIpc) is 3.22. The summed E-state index contributed by atoms with van der Waals surface area (Å²) in [5, 5.41) is 8.38. The van der Waals surface area contributed by atoms with E-state index in [1.165, 1.54) is 4.70 Å². The van der Waals surface area contributed by atoms with Crippen molar-refractivity contribution in [1.29, 1.82) is 0 Å². The van der Waals surface area contributed by atoms with Crippen molar-refractivity contribution in [2.75, 3.05) is 0 Å². The van der Waals surface area contributed by atoms with Crippen LogP contribution in [0.1, 0.15) is 18.1 Å². The zero-order valence-electron chi connectivity index (χ0n) is 12.3. The van der Waals surface area contributed by atoms with Crippen LogP contribution in [0, 0.1) is 0 Å². The zero-order chi connectivity index (χ0) is 15.6. The molecule has 0 N–H and O–H groups in total. The Morgan fingerprint density at radius 2 is 1.78 bits per heavy atom. The molecule has 2 aromatic carbocycles. The lowest BCUT2D eigenvalue weighted by atomic mass is 10.2. The minimum Gasteiger partial charge on any atom is -0.419 e. The van der Waals surface area contributed by atoms with Crippen molar-refractivity contribution < 1.29 is 4.42 Å². The summed E-state index contributed by atoms with van der Waals surface area (Å²) >= 11 is 3.33. The molecule has 4 aromatic rings. The third-order valence-corrected chi connectivity index (χ3v) is 5.58. The SMILES string of the molecule is C[C@H](Sc1nc2ccccc2s1)c1nnc(-c2ccccc2)o1. The number of hydrogen-bond donors (Lipinski definition) is 0. The normalized spacial score (nSPS) is 12.6. The fourth-order valence-electron chi connectivity index (χ4n) is 2.20. The fraction of sp³-hybridized carbons (Fsp3) is 0.118. The highest BCUT2D eigenvalue weighted by atomic mass is 32.2. The van der Waals surface area contributed by atoms with Crippen molar-refractivity contribution in [2.45, 2.75) is 16.5 Å². The maximum absolute atomic E-state index is 5.81. The van der Waals surface area contributed by atoms with E-state index >= 15 is 0 Å². The van der Waals surface area contributed by atoms with E-state index < -0.39 is 0 Å². The summed E-state index contributed by atoms with van der Waals surface area (Å²) < 4.78 is 8.02. The second kappa shape index (κ2) is 6.14. The molecule has 4 rings (SSSR count). The largest absolute Gasteiger partial charge is 0.419 e. The Labute approximate surface area is 141 Å². The Kier molecular flexibility index (Phi) is 3.85. The van der Waals surface area contributed by atoms with Crippen LogP contribution in [0.2, 0.25) is 0 Å². The number of benzene rings is 2. The molecular formula is C17H13N3OS2. The van der Waals surface area contributed by atoms with Crippen molar-refractivity contribution >= 4 is 33.3 Å². The second-order valence-corrected chi connectivity index (χ2v) is 7.64. The molecule has 114 valence electrons. The van der Waals surface area contributed by atoms with Gasteiger partial charge in [0.05, 0.1) is 15.5 Å².